The van der Waals surface area contributed by atoms with Crippen LogP contribution >= 0.6 is 22.6 Å². The lowest BCUT2D eigenvalue weighted by Gasteiger charge is -1.73. The van der Waals surface area contributed by atoms with Gasteiger partial charge in [-0.3, -0.25) is 4.79 Å². The van der Waals surface area contributed by atoms with Gasteiger partial charge in [0.1, 0.15) is 0 Å². The third-order valence-electron chi connectivity index (χ3n) is 0.259. The first-order valence-corrected chi connectivity index (χ1v) is 3.80. The third-order valence-corrected chi connectivity index (χ3v) is 0.742. The van der Waals surface area contributed by atoms with Gasteiger partial charge in [-0.1, -0.05) is 22.6 Å². The molecule has 0 spiro atoms. The Morgan fingerprint density at radius 3 is 1.89 bits per heavy atom. The molecule has 0 amide bonds. The summed E-state index contributed by atoms with van der Waals surface area (Å²) in [5.74, 6) is -0.968. The van der Waals surface area contributed by atoms with Gasteiger partial charge in [0.25, 0.3) is 0 Å². The Kier molecular flexibility index (Phi) is 14.5. The molecule has 4 nitrogen and oxygen atoms in total. The van der Waals surface area contributed by atoms with Gasteiger partial charge >= 0.3 is 5.97 Å². The van der Waals surface area contributed by atoms with Crippen molar-refractivity contribution >= 4 is 28.6 Å². The van der Waals surface area contributed by atoms with E-state index in [0.29, 0.717) is 6.61 Å². The van der Waals surface area contributed by atoms with Crippen LogP contribution in [0.25, 0.3) is 0 Å². The van der Waals surface area contributed by atoms with Gasteiger partial charge in [-0.25, -0.2) is 0 Å². The average Bonchev–Trinajstić information content (AvgIpc) is 1.89. The van der Waals surface area contributed by atoms with Crippen LogP contribution in [0.15, 0.2) is 0 Å². The Hall–Kier alpha value is 0.120. The fraction of sp³-hybridized carbons (Fsp3) is 0.750. The molecule has 0 aromatic heterocycles. The van der Waals surface area contributed by atoms with Crippen LogP contribution in [0.5, 0.6) is 0 Å². The highest BCUT2D eigenvalue weighted by molar-refractivity contribution is 14.1. The van der Waals surface area contributed by atoms with Crippen molar-refractivity contribution in [2.75, 3.05) is 17.6 Å². The summed E-state index contributed by atoms with van der Waals surface area (Å²) in [5, 5.41) is 15.5. The number of halogens is 1. The number of carboxylic acid groups (broad SMARTS) is 1. The molecule has 4 N–H and O–H groups in total. The van der Waals surface area contributed by atoms with Crippen molar-refractivity contribution in [3.8, 4) is 0 Å². The van der Waals surface area contributed by atoms with Crippen LogP contribution in [0.1, 0.15) is 0 Å². The summed E-state index contributed by atoms with van der Waals surface area (Å²) in [6.45, 7) is 0.0283. The highest BCUT2D eigenvalue weighted by atomic mass is 127. The summed E-state index contributed by atoms with van der Waals surface area (Å²) in [7, 11) is 0. The van der Waals surface area contributed by atoms with E-state index in [9.17, 15) is 4.79 Å². The van der Waals surface area contributed by atoms with E-state index in [0.717, 1.165) is 4.43 Å². The molecule has 0 aliphatic heterocycles. The van der Waals surface area contributed by atoms with Crippen molar-refractivity contribution in [3.05, 3.63) is 0 Å². The molecule has 0 radical (unpaired) electrons. The summed E-state index contributed by atoms with van der Waals surface area (Å²) in [6, 6.07) is 0. The zero-order valence-electron chi connectivity index (χ0n) is 4.88. The number of aliphatic hydroxyl groups excluding tert-OH is 1. The maximum absolute atomic E-state index is 9.24. The molecule has 0 aromatic rings. The fourth-order valence-corrected chi connectivity index (χ4v) is 0. The molecule has 9 heavy (non-hydrogen) atoms. The van der Waals surface area contributed by atoms with Gasteiger partial charge in [-0.05, 0) is 0 Å². The zero-order valence-corrected chi connectivity index (χ0v) is 7.04. The van der Waals surface area contributed by atoms with E-state index in [1.54, 1.807) is 0 Å². The van der Waals surface area contributed by atoms with Crippen molar-refractivity contribution in [2.24, 2.45) is 5.73 Å². The van der Waals surface area contributed by atoms with Gasteiger partial charge < -0.3 is 15.9 Å². The van der Waals surface area contributed by atoms with Gasteiger partial charge in [0.05, 0.1) is 13.2 Å². The minimum Gasteiger partial charge on any atom is -0.480 e. The van der Waals surface area contributed by atoms with Crippen LogP contribution in [0.4, 0.5) is 0 Å². The second kappa shape index (κ2) is 11.0. The number of hydrogen-bond acceptors (Lipinski definition) is 3. The largest absolute Gasteiger partial charge is 0.480 e. The lowest BCUT2D eigenvalue weighted by molar-refractivity contribution is -0.135. The zero-order chi connectivity index (χ0) is 7.70. The molecular formula is C4H10INO3. The van der Waals surface area contributed by atoms with Gasteiger partial charge in [-0.15, -0.1) is 0 Å². The van der Waals surface area contributed by atoms with Crippen LogP contribution in [-0.2, 0) is 4.79 Å². The normalized spacial score (nSPS) is 7.44. The van der Waals surface area contributed by atoms with E-state index in [-0.39, 0.29) is 6.54 Å². The highest BCUT2D eigenvalue weighted by Crippen LogP contribution is 1.71. The second-order valence-corrected chi connectivity index (χ2v) is 2.09. The molecule has 0 aliphatic rings. The standard InChI is InChI=1S/C2H5IO.C2H5NO2/c3-1-2-4;3-1-2(4)5/h4H,1-2H2;1,3H2,(H,4,5). The molecule has 0 saturated carbocycles. The smallest absolute Gasteiger partial charge is 0.317 e. The second-order valence-electron chi connectivity index (χ2n) is 1.01. The van der Waals surface area contributed by atoms with E-state index in [1.807, 2.05) is 0 Å². The van der Waals surface area contributed by atoms with E-state index in [1.165, 1.54) is 0 Å². The Morgan fingerprint density at radius 2 is 1.89 bits per heavy atom. The van der Waals surface area contributed by atoms with Crippen molar-refractivity contribution < 1.29 is 15.0 Å². The maximum atomic E-state index is 9.24. The molecule has 0 fully saturated rings. The van der Waals surface area contributed by atoms with Crippen LogP contribution in [0.3, 0.4) is 0 Å². The summed E-state index contributed by atoms with van der Waals surface area (Å²) in [6.07, 6.45) is 0. The summed E-state index contributed by atoms with van der Waals surface area (Å²) in [5.41, 5.74) is 4.57. The van der Waals surface area contributed by atoms with Crippen molar-refractivity contribution in [3.63, 3.8) is 0 Å². The molecule has 0 unspecified atom stereocenters. The van der Waals surface area contributed by atoms with E-state index >= 15 is 0 Å². The lowest BCUT2D eigenvalue weighted by Crippen LogP contribution is -2.10. The Labute approximate surface area is 67.2 Å². The van der Waals surface area contributed by atoms with Crippen LogP contribution in [0, 0.1) is 0 Å². The number of alkyl halides is 1. The van der Waals surface area contributed by atoms with Crippen LogP contribution in [0.2, 0.25) is 0 Å². The Bertz CT molecular complexity index is 66.8. The van der Waals surface area contributed by atoms with E-state index < -0.39 is 5.97 Å². The predicted molar refractivity (Wildman–Crippen MR) is 42.7 cm³/mol. The van der Waals surface area contributed by atoms with Gasteiger partial charge in [0, 0.05) is 4.43 Å². The number of aliphatic carboxylic acids is 1. The van der Waals surface area contributed by atoms with Crippen LogP contribution < -0.4 is 5.73 Å². The Balaban J connectivity index is 0. The topological polar surface area (TPSA) is 83.6 Å². The van der Waals surface area contributed by atoms with E-state index in [4.69, 9.17) is 10.2 Å². The number of rotatable bonds is 2. The number of carboxylic acids is 1. The molecular weight excluding hydrogens is 237 g/mol. The maximum Gasteiger partial charge on any atom is 0.317 e. The number of carbonyl (C=O) groups is 1. The molecule has 56 valence electrons. The average molecular weight is 247 g/mol. The molecule has 5 heteroatoms. The minimum absolute atomic E-state index is 0.278. The van der Waals surface area contributed by atoms with Crippen LogP contribution in [-0.4, -0.2) is 33.8 Å². The van der Waals surface area contributed by atoms with Gasteiger partial charge in [0.2, 0.25) is 0 Å². The van der Waals surface area contributed by atoms with Crippen molar-refractivity contribution in [2.45, 2.75) is 0 Å². The highest BCUT2D eigenvalue weighted by Gasteiger charge is 1.81. The van der Waals surface area contributed by atoms with Gasteiger partial charge in [-0.2, -0.15) is 0 Å². The molecule has 0 aliphatic carbocycles. The molecule has 0 heterocycles. The molecule has 0 bridgehead atoms. The van der Waals surface area contributed by atoms with Crippen molar-refractivity contribution in [1.29, 1.82) is 0 Å². The first-order valence-electron chi connectivity index (χ1n) is 2.27. The Morgan fingerprint density at radius 1 is 1.67 bits per heavy atom. The molecule has 0 rings (SSSR count). The summed E-state index contributed by atoms with van der Waals surface area (Å²) in [4.78, 5) is 9.24. The number of nitrogens with two attached hydrogens (primary N) is 1. The minimum atomic E-state index is -0.968. The van der Waals surface area contributed by atoms with Gasteiger partial charge in [0.15, 0.2) is 0 Å². The lowest BCUT2D eigenvalue weighted by atomic mass is 10.7. The SMILES string of the molecule is NCC(=O)O.OCCI. The molecule has 0 saturated heterocycles. The quantitative estimate of drug-likeness (QED) is 0.451. The monoisotopic (exact) mass is 247 g/mol. The van der Waals surface area contributed by atoms with Crippen molar-refractivity contribution in [1.82, 2.24) is 0 Å². The summed E-state index contributed by atoms with van der Waals surface area (Å²) < 4.78 is 0.845. The first-order chi connectivity index (χ1) is 4.18. The molecule has 0 atom stereocenters. The molecule has 0 aromatic carbocycles. The third kappa shape index (κ3) is 31.2. The predicted octanol–water partition coefficient (Wildman–Crippen LogP) is -0.557. The number of aliphatic hydroxyl groups is 1. The summed E-state index contributed by atoms with van der Waals surface area (Å²) >= 11 is 2.10. The first kappa shape index (κ1) is 11.9. The fourth-order valence-electron chi connectivity index (χ4n) is 0. The van der Waals surface area contributed by atoms with E-state index in [2.05, 4.69) is 28.3 Å². The number of hydrogen-bond donors (Lipinski definition) is 3.